The summed E-state index contributed by atoms with van der Waals surface area (Å²) in [6, 6.07) is 5.89. The van der Waals surface area contributed by atoms with Crippen LogP contribution in [0.1, 0.15) is 19.3 Å². The number of halogens is 2. The van der Waals surface area contributed by atoms with Gasteiger partial charge in [0.1, 0.15) is 5.75 Å². The molecular weight excluding hydrogens is 298 g/mol. The molecule has 1 saturated carbocycles. The van der Waals surface area contributed by atoms with Gasteiger partial charge < -0.3 is 4.74 Å². The molecule has 0 bridgehead atoms. The number of benzene rings is 1. The summed E-state index contributed by atoms with van der Waals surface area (Å²) in [7, 11) is 0. The molecule has 1 fully saturated rings. The lowest BCUT2D eigenvalue weighted by Crippen LogP contribution is -2.24. The molecule has 1 aliphatic carbocycles. The number of hydrogen-bond acceptors (Lipinski definition) is 1. The second-order valence-corrected chi connectivity index (χ2v) is 4.90. The Morgan fingerprint density at radius 2 is 2.15 bits per heavy atom. The van der Waals surface area contributed by atoms with Crippen molar-refractivity contribution in [2.45, 2.75) is 25.4 Å². The minimum absolute atomic E-state index is 0.401. The predicted octanol–water partition coefficient (Wildman–Crippen LogP) is 3.88. The van der Waals surface area contributed by atoms with E-state index in [0.29, 0.717) is 6.10 Å². The molecule has 1 aliphatic rings. The molecule has 0 unspecified atom stereocenters. The highest BCUT2D eigenvalue weighted by Crippen LogP contribution is 2.31. The van der Waals surface area contributed by atoms with Crippen LogP contribution in [-0.2, 0) is 0 Å². The van der Waals surface area contributed by atoms with Crippen LogP contribution in [0.15, 0.2) is 18.2 Å². The third-order valence-electron chi connectivity index (χ3n) is 2.24. The zero-order valence-electron chi connectivity index (χ0n) is 7.09. The quantitative estimate of drug-likeness (QED) is 0.754. The van der Waals surface area contributed by atoms with Gasteiger partial charge in [0, 0.05) is 3.57 Å². The van der Waals surface area contributed by atoms with E-state index < -0.39 is 0 Å². The average molecular weight is 309 g/mol. The minimum atomic E-state index is 0.401. The summed E-state index contributed by atoms with van der Waals surface area (Å²) in [4.78, 5) is 0. The SMILES string of the molecule is Clc1cc(I)ccc1OC1CCC1. The van der Waals surface area contributed by atoms with E-state index >= 15 is 0 Å². The van der Waals surface area contributed by atoms with Crippen LogP contribution >= 0.6 is 34.2 Å². The van der Waals surface area contributed by atoms with Crippen LogP contribution in [-0.4, -0.2) is 6.10 Å². The second-order valence-electron chi connectivity index (χ2n) is 3.25. The molecule has 70 valence electrons. The summed E-state index contributed by atoms with van der Waals surface area (Å²) in [6.07, 6.45) is 4.02. The zero-order valence-corrected chi connectivity index (χ0v) is 10.0. The molecule has 0 atom stereocenters. The van der Waals surface area contributed by atoms with Crippen molar-refractivity contribution in [3.63, 3.8) is 0 Å². The third-order valence-corrected chi connectivity index (χ3v) is 3.21. The molecule has 0 N–H and O–H groups in total. The summed E-state index contributed by atoms with van der Waals surface area (Å²) in [5.41, 5.74) is 0. The average Bonchev–Trinajstić information content (AvgIpc) is 1.99. The zero-order chi connectivity index (χ0) is 9.26. The monoisotopic (exact) mass is 308 g/mol. The van der Waals surface area contributed by atoms with Crippen LogP contribution in [0, 0.1) is 3.57 Å². The predicted molar refractivity (Wildman–Crippen MR) is 62.4 cm³/mol. The van der Waals surface area contributed by atoms with Gasteiger partial charge in [0.2, 0.25) is 0 Å². The Morgan fingerprint density at radius 1 is 1.38 bits per heavy atom. The molecule has 1 aromatic carbocycles. The molecule has 2 rings (SSSR count). The maximum atomic E-state index is 6.02. The molecule has 1 nitrogen and oxygen atoms in total. The van der Waals surface area contributed by atoms with Crippen LogP contribution in [0.5, 0.6) is 5.75 Å². The Bertz CT molecular complexity index is 310. The highest BCUT2D eigenvalue weighted by atomic mass is 127. The fraction of sp³-hybridized carbons (Fsp3) is 0.400. The van der Waals surface area contributed by atoms with Crippen molar-refractivity contribution in [2.24, 2.45) is 0 Å². The van der Waals surface area contributed by atoms with Crippen molar-refractivity contribution in [2.75, 3.05) is 0 Å². The highest BCUT2D eigenvalue weighted by molar-refractivity contribution is 14.1. The molecule has 1 aromatic rings. The first-order valence-corrected chi connectivity index (χ1v) is 5.83. The summed E-state index contributed by atoms with van der Waals surface area (Å²) < 4.78 is 6.84. The molecule has 0 radical (unpaired) electrons. The lowest BCUT2D eigenvalue weighted by Gasteiger charge is -2.26. The van der Waals surface area contributed by atoms with Gasteiger partial charge in [-0.25, -0.2) is 0 Å². The normalized spacial score (nSPS) is 16.8. The third kappa shape index (κ3) is 2.29. The Hall–Kier alpha value is 0.0400. The van der Waals surface area contributed by atoms with Gasteiger partial charge in [-0.15, -0.1) is 0 Å². The van der Waals surface area contributed by atoms with E-state index in [1.807, 2.05) is 18.2 Å². The fourth-order valence-electron chi connectivity index (χ4n) is 1.24. The van der Waals surface area contributed by atoms with E-state index in [9.17, 15) is 0 Å². The van der Waals surface area contributed by atoms with E-state index in [-0.39, 0.29) is 0 Å². The van der Waals surface area contributed by atoms with Gasteiger partial charge in [0.05, 0.1) is 11.1 Å². The number of ether oxygens (including phenoxy) is 1. The highest BCUT2D eigenvalue weighted by Gasteiger charge is 2.19. The van der Waals surface area contributed by atoms with Crippen LogP contribution in [0.25, 0.3) is 0 Å². The van der Waals surface area contributed by atoms with E-state index in [4.69, 9.17) is 16.3 Å². The molecule has 0 saturated heterocycles. The van der Waals surface area contributed by atoms with E-state index in [1.165, 1.54) is 19.3 Å². The molecule has 0 spiro atoms. The smallest absolute Gasteiger partial charge is 0.138 e. The van der Waals surface area contributed by atoms with Gasteiger partial charge in [-0.1, -0.05) is 11.6 Å². The van der Waals surface area contributed by atoms with Crippen LogP contribution < -0.4 is 4.74 Å². The number of rotatable bonds is 2. The van der Waals surface area contributed by atoms with Gasteiger partial charge in [0.15, 0.2) is 0 Å². The molecule has 13 heavy (non-hydrogen) atoms. The molecule has 0 heterocycles. The minimum Gasteiger partial charge on any atom is -0.489 e. The Balaban J connectivity index is 2.10. The van der Waals surface area contributed by atoms with Crippen LogP contribution in [0.3, 0.4) is 0 Å². The maximum Gasteiger partial charge on any atom is 0.138 e. The summed E-state index contributed by atoms with van der Waals surface area (Å²) in [6.45, 7) is 0. The Labute approximate surface area is 96.6 Å². The topological polar surface area (TPSA) is 9.23 Å². The van der Waals surface area contributed by atoms with E-state index in [1.54, 1.807) is 0 Å². The van der Waals surface area contributed by atoms with Crippen LogP contribution in [0.2, 0.25) is 5.02 Å². The van der Waals surface area contributed by atoms with Crippen molar-refractivity contribution in [1.82, 2.24) is 0 Å². The van der Waals surface area contributed by atoms with E-state index in [0.717, 1.165) is 14.3 Å². The van der Waals surface area contributed by atoms with Crippen molar-refractivity contribution in [3.8, 4) is 5.75 Å². The Kier molecular flexibility index (Phi) is 2.99. The lowest BCUT2D eigenvalue weighted by molar-refractivity contribution is 0.120. The second kappa shape index (κ2) is 4.05. The molecule has 3 heteroatoms. The lowest BCUT2D eigenvalue weighted by atomic mass is 9.96. The van der Waals surface area contributed by atoms with Gasteiger partial charge in [-0.2, -0.15) is 0 Å². The fourth-order valence-corrected chi connectivity index (χ4v) is 2.14. The first-order chi connectivity index (χ1) is 6.25. The largest absolute Gasteiger partial charge is 0.489 e. The van der Waals surface area contributed by atoms with Crippen molar-refractivity contribution in [1.29, 1.82) is 0 Å². The molecular formula is C10H10ClIO. The summed E-state index contributed by atoms with van der Waals surface area (Å²) in [5, 5.41) is 0.721. The molecule has 0 amide bonds. The summed E-state index contributed by atoms with van der Waals surface area (Å²) in [5.74, 6) is 0.826. The first kappa shape index (κ1) is 9.59. The van der Waals surface area contributed by atoms with Gasteiger partial charge in [-0.3, -0.25) is 0 Å². The Morgan fingerprint density at radius 3 is 2.69 bits per heavy atom. The van der Waals surface area contributed by atoms with E-state index in [2.05, 4.69) is 22.6 Å². The standard InChI is InChI=1S/C10H10ClIO/c11-9-6-7(12)4-5-10(9)13-8-2-1-3-8/h4-6,8H,1-3H2. The van der Waals surface area contributed by atoms with Crippen molar-refractivity contribution < 1.29 is 4.74 Å². The number of hydrogen-bond donors (Lipinski definition) is 0. The summed E-state index contributed by atoms with van der Waals surface area (Å²) >= 11 is 8.26. The van der Waals surface area contributed by atoms with Gasteiger partial charge in [0.25, 0.3) is 0 Å². The van der Waals surface area contributed by atoms with Gasteiger partial charge >= 0.3 is 0 Å². The molecule has 0 aromatic heterocycles. The van der Waals surface area contributed by atoms with Crippen LogP contribution in [0.4, 0.5) is 0 Å². The van der Waals surface area contributed by atoms with Crippen molar-refractivity contribution in [3.05, 3.63) is 26.8 Å². The van der Waals surface area contributed by atoms with Crippen molar-refractivity contribution >= 4 is 34.2 Å². The molecule has 0 aliphatic heterocycles. The van der Waals surface area contributed by atoms with Gasteiger partial charge in [-0.05, 0) is 60.1 Å². The first-order valence-electron chi connectivity index (χ1n) is 4.37. The maximum absolute atomic E-state index is 6.02.